The fourth-order valence-electron chi connectivity index (χ4n) is 0.889. The van der Waals surface area contributed by atoms with E-state index < -0.39 is 5.97 Å². The monoisotopic (exact) mass is 157 g/mol. The van der Waals surface area contributed by atoms with Crippen molar-refractivity contribution < 1.29 is 14.6 Å². The lowest BCUT2D eigenvalue weighted by Crippen LogP contribution is -2.09. The normalized spacial score (nSPS) is 22.6. The number of carboxylic acid groups (broad SMARTS) is 1. The largest absolute Gasteiger partial charge is 0.481 e. The van der Waals surface area contributed by atoms with Crippen LogP contribution in [0.3, 0.4) is 0 Å². The van der Waals surface area contributed by atoms with Crippen molar-refractivity contribution in [1.29, 1.82) is 0 Å². The van der Waals surface area contributed by atoms with Gasteiger partial charge in [0.25, 0.3) is 0 Å². The van der Waals surface area contributed by atoms with Gasteiger partial charge in [0, 0.05) is 6.42 Å². The number of hydrogen-bond acceptors (Lipinski definition) is 3. The summed E-state index contributed by atoms with van der Waals surface area (Å²) in [5, 5.41) is 8.33. The molecule has 0 aliphatic carbocycles. The predicted molar refractivity (Wildman–Crippen MR) is 39.7 cm³/mol. The Kier molecular flexibility index (Phi) is 2.46. The van der Waals surface area contributed by atoms with Gasteiger partial charge in [-0.2, -0.15) is 0 Å². The fourth-order valence-corrected chi connectivity index (χ4v) is 0.889. The van der Waals surface area contributed by atoms with Crippen LogP contribution in [0.25, 0.3) is 0 Å². The van der Waals surface area contributed by atoms with Crippen LogP contribution in [0.5, 0.6) is 0 Å². The molecule has 0 saturated heterocycles. The van der Waals surface area contributed by atoms with E-state index in [4.69, 9.17) is 9.84 Å². The van der Waals surface area contributed by atoms with Crippen LogP contribution in [-0.4, -0.2) is 29.6 Å². The minimum atomic E-state index is -0.809. The van der Waals surface area contributed by atoms with Crippen molar-refractivity contribution in [3.63, 3.8) is 0 Å². The molecular weight excluding hydrogens is 146 g/mol. The molecule has 4 nitrogen and oxygen atoms in total. The van der Waals surface area contributed by atoms with Gasteiger partial charge in [0.05, 0.1) is 13.0 Å². The zero-order valence-electron chi connectivity index (χ0n) is 6.41. The standard InChI is InChI=1S/C7H11NO3/c1-5-4-8-6(11-5)2-3-7(9)10/h5H,2-4H2,1H3,(H,9,10). The number of aliphatic imine (C=N–C) groups is 1. The lowest BCUT2D eigenvalue weighted by molar-refractivity contribution is -0.136. The lowest BCUT2D eigenvalue weighted by atomic mass is 10.3. The van der Waals surface area contributed by atoms with Crippen molar-refractivity contribution in [3.8, 4) is 0 Å². The van der Waals surface area contributed by atoms with Gasteiger partial charge in [0.2, 0.25) is 0 Å². The molecule has 1 heterocycles. The Morgan fingerprint density at radius 2 is 2.64 bits per heavy atom. The van der Waals surface area contributed by atoms with Crippen LogP contribution in [-0.2, 0) is 9.53 Å². The highest BCUT2D eigenvalue weighted by Gasteiger charge is 2.15. The maximum atomic E-state index is 10.1. The number of ether oxygens (including phenoxy) is 1. The number of carboxylic acids is 1. The van der Waals surface area contributed by atoms with Gasteiger partial charge in [-0.3, -0.25) is 9.79 Å². The number of rotatable bonds is 3. The zero-order chi connectivity index (χ0) is 8.27. The summed E-state index contributed by atoms with van der Waals surface area (Å²) < 4.78 is 5.20. The Hall–Kier alpha value is -1.06. The summed E-state index contributed by atoms with van der Waals surface area (Å²) in [5.41, 5.74) is 0. The zero-order valence-corrected chi connectivity index (χ0v) is 6.41. The van der Waals surface area contributed by atoms with Crippen molar-refractivity contribution >= 4 is 11.9 Å². The Morgan fingerprint density at radius 1 is 1.91 bits per heavy atom. The first-order valence-electron chi connectivity index (χ1n) is 3.60. The maximum Gasteiger partial charge on any atom is 0.303 e. The van der Waals surface area contributed by atoms with Gasteiger partial charge in [0.1, 0.15) is 6.10 Å². The minimum absolute atomic E-state index is 0.103. The molecule has 1 unspecified atom stereocenters. The third-order valence-corrected chi connectivity index (χ3v) is 1.41. The van der Waals surface area contributed by atoms with E-state index in [2.05, 4.69) is 4.99 Å². The number of carbonyl (C=O) groups is 1. The summed E-state index contributed by atoms with van der Waals surface area (Å²) in [6.45, 7) is 2.58. The molecule has 1 N–H and O–H groups in total. The number of nitrogens with zero attached hydrogens (tertiary/aromatic N) is 1. The average molecular weight is 157 g/mol. The van der Waals surface area contributed by atoms with Crippen LogP contribution in [0.4, 0.5) is 0 Å². The molecule has 0 saturated carbocycles. The molecule has 1 aliphatic heterocycles. The first kappa shape index (κ1) is 8.04. The highest BCUT2D eigenvalue weighted by Crippen LogP contribution is 2.07. The molecule has 0 radical (unpaired) electrons. The van der Waals surface area contributed by atoms with Gasteiger partial charge in [0.15, 0.2) is 5.90 Å². The van der Waals surface area contributed by atoms with Crippen LogP contribution in [0, 0.1) is 0 Å². The van der Waals surface area contributed by atoms with Crippen LogP contribution >= 0.6 is 0 Å². The number of hydrogen-bond donors (Lipinski definition) is 1. The summed E-state index contributed by atoms with van der Waals surface area (Å²) >= 11 is 0. The highest BCUT2D eigenvalue weighted by atomic mass is 16.5. The third-order valence-electron chi connectivity index (χ3n) is 1.41. The van der Waals surface area contributed by atoms with Crippen molar-refractivity contribution in [2.75, 3.05) is 6.54 Å². The van der Waals surface area contributed by atoms with Crippen LogP contribution in [0.15, 0.2) is 4.99 Å². The average Bonchev–Trinajstić information content (AvgIpc) is 2.31. The Balaban J connectivity index is 2.23. The van der Waals surface area contributed by atoms with E-state index in [9.17, 15) is 4.79 Å². The van der Waals surface area contributed by atoms with Crippen LogP contribution in [0.2, 0.25) is 0 Å². The van der Waals surface area contributed by atoms with Gasteiger partial charge in [-0.1, -0.05) is 0 Å². The van der Waals surface area contributed by atoms with Crippen LogP contribution in [0.1, 0.15) is 19.8 Å². The van der Waals surface area contributed by atoms with E-state index in [1.807, 2.05) is 6.92 Å². The second kappa shape index (κ2) is 3.37. The van der Waals surface area contributed by atoms with Gasteiger partial charge in [-0.15, -0.1) is 0 Å². The second-order valence-corrected chi connectivity index (χ2v) is 2.56. The second-order valence-electron chi connectivity index (χ2n) is 2.56. The van der Waals surface area contributed by atoms with E-state index in [1.165, 1.54) is 0 Å². The summed E-state index contributed by atoms with van der Waals surface area (Å²) in [6, 6.07) is 0. The predicted octanol–water partition coefficient (Wildman–Crippen LogP) is 0.668. The summed E-state index contributed by atoms with van der Waals surface area (Å²) in [5.74, 6) is -0.226. The molecule has 62 valence electrons. The molecule has 0 amide bonds. The SMILES string of the molecule is CC1CN=C(CCC(=O)O)O1. The van der Waals surface area contributed by atoms with Crippen molar-refractivity contribution in [2.24, 2.45) is 4.99 Å². The van der Waals surface area contributed by atoms with E-state index >= 15 is 0 Å². The van der Waals surface area contributed by atoms with E-state index in [1.54, 1.807) is 0 Å². The third kappa shape index (κ3) is 2.57. The van der Waals surface area contributed by atoms with Crippen molar-refractivity contribution in [1.82, 2.24) is 0 Å². The van der Waals surface area contributed by atoms with Gasteiger partial charge < -0.3 is 9.84 Å². The Labute approximate surface area is 64.9 Å². The molecule has 0 aromatic carbocycles. The van der Waals surface area contributed by atoms with E-state index in [-0.39, 0.29) is 12.5 Å². The van der Waals surface area contributed by atoms with Gasteiger partial charge >= 0.3 is 5.97 Å². The first-order chi connectivity index (χ1) is 5.18. The number of aliphatic carboxylic acids is 1. The molecule has 0 aromatic heterocycles. The molecule has 0 bridgehead atoms. The van der Waals surface area contributed by atoms with E-state index in [0.717, 1.165) is 0 Å². The molecule has 1 aliphatic rings. The molecule has 4 heteroatoms. The van der Waals surface area contributed by atoms with E-state index in [0.29, 0.717) is 18.9 Å². The summed E-state index contributed by atoms with van der Waals surface area (Å²) in [4.78, 5) is 14.1. The van der Waals surface area contributed by atoms with Gasteiger partial charge in [-0.25, -0.2) is 0 Å². The topological polar surface area (TPSA) is 58.9 Å². The van der Waals surface area contributed by atoms with Crippen LogP contribution < -0.4 is 0 Å². The Morgan fingerprint density at radius 3 is 3.09 bits per heavy atom. The minimum Gasteiger partial charge on any atom is -0.481 e. The quantitative estimate of drug-likeness (QED) is 0.655. The summed E-state index contributed by atoms with van der Waals surface area (Å²) in [7, 11) is 0. The molecule has 0 spiro atoms. The Bertz CT molecular complexity index is 188. The lowest BCUT2D eigenvalue weighted by Gasteiger charge is -2.03. The molecule has 0 aromatic rings. The highest BCUT2D eigenvalue weighted by molar-refractivity contribution is 5.81. The first-order valence-corrected chi connectivity index (χ1v) is 3.60. The molecule has 1 rings (SSSR count). The van der Waals surface area contributed by atoms with Crippen molar-refractivity contribution in [3.05, 3.63) is 0 Å². The molecular formula is C7H11NO3. The van der Waals surface area contributed by atoms with Gasteiger partial charge in [-0.05, 0) is 6.92 Å². The summed E-state index contributed by atoms with van der Waals surface area (Å²) in [6.07, 6.45) is 0.643. The molecule has 0 fully saturated rings. The molecule has 11 heavy (non-hydrogen) atoms. The maximum absolute atomic E-state index is 10.1. The fraction of sp³-hybridized carbons (Fsp3) is 0.714. The van der Waals surface area contributed by atoms with Crippen molar-refractivity contribution in [2.45, 2.75) is 25.9 Å². The molecule has 1 atom stereocenters. The smallest absolute Gasteiger partial charge is 0.303 e.